The number of sulfonamides is 1. The number of halogens is 2. The van der Waals surface area contributed by atoms with Gasteiger partial charge in [-0.2, -0.15) is 0 Å². The molecule has 2 N–H and O–H groups in total. The zero-order valence-electron chi connectivity index (χ0n) is 14.3. The van der Waals surface area contributed by atoms with E-state index in [2.05, 4.69) is 12.2 Å². The van der Waals surface area contributed by atoms with E-state index >= 15 is 0 Å². The SMILES string of the molecule is CCCCCNC(=O)c1ccc(S(=O)(=O)Nc2c(F)cccc2F)cc1. The van der Waals surface area contributed by atoms with E-state index in [0.29, 0.717) is 12.1 Å². The maximum Gasteiger partial charge on any atom is 0.262 e. The summed E-state index contributed by atoms with van der Waals surface area (Å²) >= 11 is 0. The van der Waals surface area contributed by atoms with Gasteiger partial charge in [0, 0.05) is 12.1 Å². The molecule has 1 amide bonds. The number of nitrogens with one attached hydrogen (secondary N) is 2. The molecule has 26 heavy (non-hydrogen) atoms. The minimum Gasteiger partial charge on any atom is -0.352 e. The van der Waals surface area contributed by atoms with Crippen molar-refractivity contribution in [1.82, 2.24) is 5.32 Å². The Hall–Kier alpha value is -2.48. The molecule has 0 atom stereocenters. The van der Waals surface area contributed by atoms with Gasteiger partial charge >= 0.3 is 0 Å². The molecule has 0 aliphatic carbocycles. The fourth-order valence-corrected chi connectivity index (χ4v) is 3.33. The van der Waals surface area contributed by atoms with E-state index in [-0.39, 0.29) is 10.8 Å². The normalized spacial score (nSPS) is 11.2. The minimum atomic E-state index is -4.19. The summed E-state index contributed by atoms with van der Waals surface area (Å²) in [4.78, 5) is 11.8. The number of anilines is 1. The summed E-state index contributed by atoms with van der Waals surface area (Å²) in [5.74, 6) is -2.34. The van der Waals surface area contributed by atoms with Crippen LogP contribution in [0.15, 0.2) is 47.4 Å². The van der Waals surface area contributed by atoms with E-state index in [0.717, 1.165) is 37.5 Å². The van der Waals surface area contributed by atoms with Crippen LogP contribution in [-0.2, 0) is 10.0 Å². The molecule has 0 heterocycles. The van der Waals surface area contributed by atoms with Crippen LogP contribution >= 0.6 is 0 Å². The van der Waals surface area contributed by atoms with Gasteiger partial charge < -0.3 is 5.32 Å². The van der Waals surface area contributed by atoms with Crippen molar-refractivity contribution in [3.8, 4) is 0 Å². The van der Waals surface area contributed by atoms with Gasteiger partial charge in [-0.25, -0.2) is 17.2 Å². The molecule has 0 aliphatic rings. The fraction of sp³-hybridized carbons (Fsp3) is 0.278. The molecule has 0 saturated heterocycles. The highest BCUT2D eigenvalue weighted by atomic mass is 32.2. The van der Waals surface area contributed by atoms with Gasteiger partial charge in [0.2, 0.25) is 0 Å². The number of rotatable bonds is 8. The lowest BCUT2D eigenvalue weighted by Gasteiger charge is -2.10. The van der Waals surface area contributed by atoms with Gasteiger partial charge in [0.05, 0.1) is 4.90 Å². The van der Waals surface area contributed by atoms with Crippen molar-refractivity contribution >= 4 is 21.6 Å². The molecule has 0 fully saturated rings. The lowest BCUT2D eigenvalue weighted by molar-refractivity contribution is 0.0953. The van der Waals surface area contributed by atoms with Crippen molar-refractivity contribution in [3.05, 3.63) is 59.7 Å². The third-order valence-corrected chi connectivity index (χ3v) is 5.06. The number of hydrogen-bond donors (Lipinski definition) is 2. The lowest BCUT2D eigenvalue weighted by Crippen LogP contribution is -2.24. The third kappa shape index (κ3) is 5.01. The molecule has 5 nitrogen and oxygen atoms in total. The van der Waals surface area contributed by atoms with Gasteiger partial charge in [-0.1, -0.05) is 25.8 Å². The average Bonchev–Trinajstić information content (AvgIpc) is 2.62. The van der Waals surface area contributed by atoms with E-state index in [9.17, 15) is 22.0 Å². The number of unbranched alkanes of at least 4 members (excludes halogenated alkanes) is 2. The second-order valence-electron chi connectivity index (χ2n) is 5.69. The van der Waals surface area contributed by atoms with Gasteiger partial charge in [0.1, 0.15) is 17.3 Å². The largest absolute Gasteiger partial charge is 0.352 e. The quantitative estimate of drug-likeness (QED) is 0.684. The number of benzene rings is 2. The second kappa shape index (κ2) is 8.75. The molecular weight excluding hydrogens is 362 g/mol. The zero-order valence-corrected chi connectivity index (χ0v) is 15.1. The summed E-state index contributed by atoms with van der Waals surface area (Å²) < 4.78 is 53.7. The average molecular weight is 382 g/mol. The number of carbonyl (C=O) groups is 1. The summed E-state index contributed by atoms with van der Waals surface area (Å²) in [5, 5.41) is 2.74. The third-order valence-electron chi connectivity index (χ3n) is 3.69. The van der Waals surface area contributed by atoms with Crippen molar-refractivity contribution in [2.75, 3.05) is 11.3 Å². The standard InChI is InChI=1S/C18H20F2N2O3S/c1-2-3-4-12-21-18(23)13-8-10-14(11-9-13)26(24,25)22-17-15(19)6-5-7-16(17)20/h5-11,22H,2-4,12H2,1H3,(H,21,23). The molecule has 0 bridgehead atoms. The Kier molecular flexibility index (Phi) is 6.68. The van der Waals surface area contributed by atoms with Crippen LogP contribution in [-0.4, -0.2) is 20.9 Å². The molecule has 0 aromatic heterocycles. The van der Waals surface area contributed by atoms with E-state index in [1.807, 2.05) is 4.72 Å². The highest BCUT2D eigenvalue weighted by Crippen LogP contribution is 2.22. The summed E-state index contributed by atoms with van der Waals surface area (Å²) in [6.07, 6.45) is 2.92. The Balaban J connectivity index is 2.10. The van der Waals surface area contributed by atoms with Gasteiger partial charge in [-0.3, -0.25) is 9.52 Å². The molecule has 0 unspecified atom stereocenters. The van der Waals surface area contributed by atoms with Crippen molar-refractivity contribution < 1.29 is 22.0 Å². The molecule has 2 rings (SSSR count). The highest BCUT2D eigenvalue weighted by Gasteiger charge is 2.19. The number of hydrogen-bond acceptors (Lipinski definition) is 3. The number of para-hydroxylation sites is 1. The van der Waals surface area contributed by atoms with Crippen LogP contribution in [0.2, 0.25) is 0 Å². The van der Waals surface area contributed by atoms with E-state index in [1.165, 1.54) is 24.3 Å². The Morgan fingerprint density at radius 2 is 1.62 bits per heavy atom. The van der Waals surface area contributed by atoms with E-state index in [4.69, 9.17) is 0 Å². The van der Waals surface area contributed by atoms with Crippen molar-refractivity contribution in [1.29, 1.82) is 0 Å². The molecule has 0 spiro atoms. The lowest BCUT2D eigenvalue weighted by atomic mass is 10.2. The molecule has 0 aliphatic heterocycles. The topological polar surface area (TPSA) is 75.3 Å². The molecule has 2 aromatic rings. The van der Waals surface area contributed by atoms with Gasteiger partial charge in [-0.05, 0) is 42.8 Å². The fourth-order valence-electron chi connectivity index (χ4n) is 2.25. The van der Waals surface area contributed by atoms with Gasteiger partial charge in [-0.15, -0.1) is 0 Å². The van der Waals surface area contributed by atoms with Crippen molar-refractivity contribution in [3.63, 3.8) is 0 Å². The van der Waals surface area contributed by atoms with Crippen LogP contribution in [0.3, 0.4) is 0 Å². The van der Waals surface area contributed by atoms with E-state index < -0.39 is 27.3 Å². The highest BCUT2D eigenvalue weighted by molar-refractivity contribution is 7.92. The van der Waals surface area contributed by atoms with Crippen LogP contribution in [0.25, 0.3) is 0 Å². The maximum absolute atomic E-state index is 13.6. The van der Waals surface area contributed by atoms with Gasteiger partial charge in [0.15, 0.2) is 0 Å². The van der Waals surface area contributed by atoms with Crippen molar-refractivity contribution in [2.45, 2.75) is 31.1 Å². The number of amides is 1. The maximum atomic E-state index is 13.6. The second-order valence-corrected chi connectivity index (χ2v) is 7.37. The molecule has 0 saturated carbocycles. The summed E-state index contributed by atoms with van der Waals surface area (Å²) in [6.45, 7) is 2.60. The van der Waals surface area contributed by atoms with Crippen LogP contribution in [0, 0.1) is 11.6 Å². The summed E-state index contributed by atoms with van der Waals surface area (Å²) in [7, 11) is -4.19. The van der Waals surface area contributed by atoms with Crippen LogP contribution in [0.5, 0.6) is 0 Å². The van der Waals surface area contributed by atoms with Crippen LogP contribution < -0.4 is 10.0 Å². The summed E-state index contributed by atoms with van der Waals surface area (Å²) in [5.41, 5.74) is -0.442. The molecule has 8 heteroatoms. The molecular formula is C18H20F2N2O3S. The first-order valence-corrected chi connectivity index (χ1v) is 9.68. The smallest absolute Gasteiger partial charge is 0.262 e. The predicted molar refractivity (Wildman–Crippen MR) is 95.5 cm³/mol. The Labute approximate surface area is 151 Å². The molecule has 0 radical (unpaired) electrons. The predicted octanol–water partition coefficient (Wildman–Crippen LogP) is 3.69. The number of carbonyl (C=O) groups excluding carboxylic acids is 1. The minimum absolute atomic E-state index is 0.206. The van der Waals surface area contributed by atoms with E-state index in [1.54, 1.807) is 0 Å². The van der Waals surface area contributed by atoms with Crippen LogP contribution in [0.4, 0.5) is 14.5 Å². The molecule has 2 aromatic carbocycles. The summed E-state index contributed by atoms with van der Waals surface area (Å²) in [6, 6.07) is 8.16. The Morgan fingerprint density at radius 1 is 1.00 bits per heavy atom. The monoisotopic (exact) mass is 382 g/mol. The first-order chi connectivity index (χ1) is 12.3. The Bertz CT molecular complexity index is 848. The van der Waals surface area contributed by atoms with Crippen molar-refractivity contribution in [2.24, 2.45) is 0 Å². The Morgan fingerprint density at radius 3 is 2.19 bits per heavy atom. The zero-order chi connectivity index (χ0) is 19.2. The van der Waals surface area contributed by atoms with Gasteiger partial charge in [0.25, 0.3) is 15.9 Å². The van der Waals surface area contributed by atoms with Crippen LogP contribution in [0.1, 0.15) is 36.5 Å². The first-order valence-electron chi connectivity index (χ1n) is 8.20. The molecule has 140 valence electrons. The first kappa shape index (κ1) is 19.8.